The minimum absolute atomic E-state index is 0.138. The molecule has 0 atom stereocenters. The van der Waals surface area contributed by atoms with Crippen molar-refractivity contribution in [2.24, 2.45) is 4.99 Å². The summed E-state index contributed by atoms with van der Waals surface area (Å²) in [6.45, 7) is 2.01. The normalized spacial score (nSPS) is 20.3. The number of thiazole rings is 1. The van der Waals surface area contributed by atoms with Gasteiger partial charge in [0.05, 0.1) is 10.6 Å². The van der Waals surface area contributed by atoms with E-state index < -0.39 is 0 Å². The molecule has 2 aromatic rings. The fraction of sp³-hybridized carbons (Fsp3) is 0.312. The molecule has 2 aliphatic rings. The number of hydrogen-bond donors (Lipinski definition) is 0. The van der Waals surface area contributed by atoms with Crippen molar-refractivity contribution in [2.75, 3.05) is 13.1 Å². The van der Waals surface area contributed by atoms with E-state index in [0.717, 1.165) is 34.5 Å². The van der Waals surface area contributed by atoms with Crippen LogP contribution in [-0.4, -0.2) is 34.0 Å². The van der Waals surface area contributed by atoms with E-state index in [9.17, 15) is 4.79 Å². The zero-order valence-electron chi connectivity index (χ0n) is 12.4. The highest BCUT2D eigenvalue weighted by atomic mass is 32.2. The van der Waals surface area contributed by atoms with Crippen molar-refractivity contribution in [3.63, 3.8) is 0 Å². The molecule has 0 radical (unpaired) electrons. The Hall–Kier alpha value is -1.44. The lowest BCUT2D eigenvalue weighted by Gasteiger charge is -2.27. The Kier molecular flexibility index (Phi) is 4.33. The average molecular weight is 362 g/mol. The van der Waals surface area contributed by atoms with Gasteiger partial charge < -0.3 is 4.90 Å². The van der Waals surface area contributed by atoms with E-state index in [1.807, 2.05) is 16.8 Å². The second-order valence-electron chi connectivity index (χ2n) is 5.45. The van der Waals surface area contributed by atoms with Crippen molar-refractivity contribution in [2.45, 2.75) is 19.3 Å². The number of thioether (sulfide) groups is 1. The van der Waals surface area contributed by atoms with Crippen LogP contribution in [0.3, 0.4) is 0 Å². The van der Waals surface area contributed by atoms with Gasteiger partial charge in [-0.25, -0.2) is 4.98 Å². The van der Waals surface area contributed by atoms with E-state index in [0.29, 0.717) is 4.91 Å². The van der Waals surface area contributed by atoms with Crippen molar-refractivity contribution in [1.29, 1.82) is 0 Å². The minimum Gasteiger partial charge on any atom is -0.351 e. The van der Waals surface area contributed by atoms with E-state index in [1.165, 1.54) is 31.0 Å². The molecule has 4 rings (SSSR count). The third-order valence-electron chi connectivity index (χ3n) is 3.80. The van der Waals surface area contributed by atoms with Gasteiger partial charge in [-0.15, -0.1) is 11.3 Å². The van der Waals surface area contributed by atoms with Gasteiger partial charge in [0, 0.05) is 29.4 Å². The molecule has 0 saturated carbocycles. The highest BCUT2D eigenvalue weighted by Gasteiger charge is 2.27. The van der Waals surface area contributed by atoms with Crippen molar-refractivity contribution in [3.8, 4) is 10.6 Å². The Labute approximate surface area is 147 Å². The van der Waals surface area contributed by atoms with Gasteiger partial charge in [-0.3, -0.25) is 4.79 Å². The van der Waals surface area contributed by atoms with E-state index in [2.05, 4.69) is 26.3 Å². The Balaban J connectivity index is 1.50. The summed E-state index contributed by atoms with van der Waals surface area (Å²) in [4.78, 5) is 23.9. The van der Waals surface area contributed by atoms with Crippen LogP contribution in [0.5, 0.6) is 0 Å². The maximum absolute atomic E-state index is 12.1. The minimum atomic E-state index is -0.138. The zero-order valence-corrected chi connectivity index (χ0v) is 14.8. The van der Waals surface area contributed by atoms with Gasteiger partial charge >= 0.3 is 0 Å². The summed E-state index contributed by atoms with van der Waals surface area (Å²) in [5, 5.41) is 7.97. The second kappa shape index (κ2) is 6.59. The van der Waals surface area contributed by atoms with Crippen LogP contribution in [0.2, 0.25) is 0 Å². The summed E-state index contributed by atoms with van der Waals surface area (Å²) >= 11 is 4.75. The van der Waals surface area contributed by atoms with Crippen LogP contribution in [0.25, 0.3) is 16.6 Å². The van der Waals surface area contributed by atoms with Crippen molar-refractivity contribution < 1.29 is 4.79 Å². The van der Waals surface area contributed by atoms with Crippen LogP contribution in [0, 0.1) is 0 Å². The van der Waals surface area contributed by atoms with Gasteiger partial charge in [0.25, 0.3) is 5.91 Å². The zero-order chi connectivity index (χ0) is 15.6. The fourth-order valence-electron chi connectivity index (χ4n) is 2.62. The number of thiophene rings is 1. The highest BCUT2D eigenvalue weighted by Crippen LogP contribution is 2.32. The molecule has 4 heterocycles. The lowest BCUT2D eigenvalue weighted by Crippen LogP contribution is -2.33. The summed E-state index contributed by atoms with van der Waals surface area (Å²) < 4.78 is 0. The number of carbonyl (C=O) groups is 1. The number of nitrogens with zero attached hydrogens (tertiary/aromatic N) is 3. The first-order chi connectivity index (χ1) is 11.3. The number of carbonyl (C=O) groups excluding carboxylic acids is 1. The molecule has 0 aliphatic carbocycles. The summed E-state index contributed by atoms with van der Waals surface area (Å²) in [5.41, 5.74) is 1.97. The Bertz CT molecular complexity index is 770. The van der Waals surface area contributed by atoms with Crippen LogP contribution >= 0.6 is 34.4 Å². The van der Waals surface area contributed by atoms with Gasteiger partial charge in [-0.2, -0.15) is 16.3 Å². The third kappa shape index (κ3) is 3.27. The first-order valence-electron chi connectivity index (χ1n) is 7.55. The summed E-state index contributed by atoms with van der Waals surface area (Å²) in [6, 6.07) is 2.06. The third-order valence-corrected chi connectivity index (χ3v) is 6.44. The molecule has 1 fully saturated rings. The molecule has 2 aromatic heterocycles. The number of aliphatic imine (C=N–C) groups is 1. The molecule has 0 unspecified atom stereocenters. The summed E-state index contributed by atoms with van der Waals surface area (Å²) in [5.74, 6) is -0.138. The summed E-state index contributed by atoms with van der Waals surface area (Å²) in [6.07, 6.45) is 5.50. The average Bonchev–Trinajstić information content (AvgIpc) is 3.30. The SMILES string of the molecule is O=C1N=C(N2CCCCC2)S/C1=C/c1csc(-c2ccsc2)n1. The number of amidine groups is 1. The lowest BCUT2D eigenvalue weighted by molar-refractivity contribution is -0.113. The molecule has 0 aromatic carbocycles. The van der Waals surface area contributed by atoms with Gasteiger partial charge in [0.2, 0.25) is 0 Å². The van der Waals surface area contributed by atoms with Crippen LogP contribution in [0.1, 0.15) is 25.0 Å². The molecule has 118 valence electrons. The maximum Gasteiger partial charge on any atom is 0.286 e. The molecule has 2 aliphatic heterocycles. The fourth-order valence-corrected chi connectivity index (χ4v) is 5.06. The molecular formula is C16H15N3OS3. The van der Waals surface area contributed by atoms with E-state index >= 15 is 0 Å². The van der Waals surface area contributed by atoms with Crippen molar-refractivity contribution in [3.05, 3.63) is 32.8 Å². The Morgan fingerprint density at radius 2 is 2.04 bits per heavy atom. The lowest BCUT2D eigenvalue weighted by atomic mass is 10.1. The molecule has 7 heteroatoms. The molecule has 0 bridgehead atoms. The predicted molar refractivity (Wildman–Crippen MR) is 98.9 cm³/mol. The molecule has 4 nitrogen and oxygen atoms in total. The van der Waals surface area contributed by atoms with Crippen molar-refractivity contribution in [1.82, 2.24) is 9.88 Å². The van der Waals surface area contributed by atoms with Crippen LogP contribution < -0.4 is 0 Å². The monoisotopic (exact) mass is 361 g/mol. The van der Waals surface area contributed by atoms with E-state index in [-0.39, 0.29) is 5.91 Å². The smallest absolute Gasteiger partial charge is 0.286 e. The number of aromatic nitrogens is 1. The standard InChI is InChI=1S/C16H15N3OS3/c20-14-13(23-16(18-14)19-5-2-1-3-6-19)8-12-10-22-15(17-12)11-4-7-21-9-11/h4,7-10H,1-3,5-6H2/b13-8+. The Morgan fingerprint density at radius 1 is 1.17 bits per heavy atom. The van der Waals surface area contributed by atoms with Crippen LogP contribution in [0.15, 0.2) is 32.1 Å². The number of likely N-dealkylation sites (tertiary alicyclic amines) is 1. The van der Waals surface area contributed by atoms with Crippen molar-refractivity contribution >= 4 is 51.6 Å². The topological polar surface area (TPSA) is 45.6 Å². The number of rotatable bonds is 2. The van der Waals surface area contributed by atoms with Gasteiger partial charge in [0.1, 0.15) is 5.01 Å². The summed E-state index contributed by atoms with van der Waals surface area (Å²) in [7, 11) is 0. The molecule has 0 N–H and O–H groups in total. The quantitative estimate of drug-likeness (QED) is 0.747. The molecule has 1 saturated heterocycles. The molecule has 23 heavy (non-hydrogen) atoms. The van der Waals surface area contributed by atoms with Crippen LogP contribution in [-0.2, 0) is 4.79 Å². The molecule has 1 amide bonds. The Morgan fingerprint density at radius 3 is 2.83 bits per heavy atom. The van der Waals surface area contributed by atoms with E-state index in [1.54, 1.807) is 22.7 Å². The van der Waals surface area contributed by atoms with Gasteiger partial charge in [-0.05, 0) is 48.5 Å². The molecular weight excluding hydrogens is 346 g/mol. The van der Waals surface area contributed by atoms with Gasteiger partial charge in [0.15, 0.2) is 5.17 Å². The largest absolute Gasteiger partial charge is 0.351 e. The van der Waals surface area contributed by atoms with Crippen LogP contribution in [0.4, 0.5) is 0 Å². The maximum atomic E-state index is 12.1. The number of piperidine rings is 1. The number of amides is 1. The predicted octanol–water partition coefficient (Wildman–Crippen LogP) is 4.33. The highest BCUT2D eigenvalue weighted by molar-refractivity contribution is 8.18. The first-order valence-corrected chi connectivity index (χ1v) is 10.2. The van der Waals surface area contributed by atoms with E-state index in [4.69, 9.17) is 0 Å². The number of hydrogen-bond acceptors (Lipinski definition) is 6. The van der Waals surface area contributed by atoms with Gasteiger partial charge in [-0.1, -0.05) is 0 Å². The second-order valence-corrected chi connectivity index (χ2v) is 8.09. The first kappa shape index (κ1) is 15.1. The molecule has 0 spiro atoms.